The fourth-order valence-electron chi connectivity index (χ4n) is 3.42. The Bertz CT molecular complexity index is 1170. The summed E-state index contributed by atoms with van der Waals surface area (Å²) in [6, 6.07) is 16.0. The van der Waals surface area contributed by atoms with E-state index in [1.807, 2.05) is 53.9 Å². The number of anilines is 1. The molecule has 1 amide bonds. The first-order valence-corrected chi connectivity index (χ1v) is 10.3. The molecule has 27 heavy (non-hydrogen) atoms. The summed E-state index contributed by atoms with van der Waals surface area (Å²) < 4.78 is 3.13. The van der Waals surface area contributed by atoms with Gasteiger partial charge in [-0.05, 0) is 24.3 Å². The number of benzene rings is 2. The molecule has 0 atom stereocenters. The molecule has 1 aliphatic heterocycles. The number of thiazole rings is 1. The van der Waals surface area contributed by atoms with E-state index in [0.717, 1.165) is 44.3 Å². The number of imidazole rings is 1. The predicted octanol–water partition coefficient (Wildman–Crippen LogP) is 4.51. The Kier molecular flexibility index (Phi) is 4.06. The second-order valence-corrected chi connectivity index (χ2v) is 8.20. The minimum Gasteiger partial charge on any atom is -0.308 e. The SMILES string of the molecule is O=C(Cc1csc(-c2cccc(Br)c2)n1)N1CCn2c1nc1ccccc12. The highest BCUT2D eigenvalue weighted by Crippen LogP contribution is 2.29. The number of nitrogens with zero attached hydrogens (tertiary/aromatic N) is 4. The van der Waals surface area contributed by atoms with Crippen molar-refractivity contribution in [3.05, 3.63) is 64.1 Å². The zero-order valence-corrected chi connectivity index (χ0v) is 16.7. The Balaban J connectivity index is 1.38. The zero-order valence-electron chi connectivity index (χ0n) is 14.3. The molecule has 134 valence electrons. The number of aromatic nitrogens is 3. The highest BCUT2D eigenvalue weighted by molar-refractivity contribution is 9.10. The van der Waals surface area contributed by atoms with Gasteiger partial charge in [0.2, 0.25) is 11.9 Å². The topological polar surface area (TPSA) is 51.0 Å². The molecule has 4 aromatic rings. The van der Waals surface area contributed by atoms with Gasteiger partial charge in [0, 0.05) is 28.5 Å². The van der Waals surface area contributed by atoms with Gasteiger partial charge in [0.15, 0.2) is 0 Å². The molecule has 0 unspecified atom stereocenters. The Morgan fingerprint density at radius 1 is 1.11 bits per heavy atom. The van der Waals surface area contributed by atoms with E-state index in [-0.39, 0.29) is 12.3 Å². The molecule has 0 radical (unpaired) electrons. The third kappa shape index (κ3) is 2.96. The van der Waals surface area contributed by atoms with E-state index in [0.29, 0.717) is 6.54 Å². The number of para-hydroxylation sites is 2. The van der Waals surface area contributed by atoms with Crippen molar-refractivity contribution in [3.8, 4) is 10.6 Å². The van der Waals surface area contributed by atoms with E-state index < -0.39 is 0 Å². The number of rotatable bonds is 3. The third-order valence-corrected chi connectivity index (χ3v) is 6.11. The van der Waals surface area contributed by atoms with Gasteiger partial charge in [-0.2, -0.15) is 0 Å². The quantitative estimate of drug-likeness (QED) is 0.472. The van der Waals surface area contributed by atoms with Crippen LogP contribution < -0.4 is 4.90 Å². The van der Waals surface area contributed by atoms with Gasteiger partial charge < -0.3 is 4.57 Å². The van der Waals surface area contributed by atoms with Crippen LogP contribution in [-0.4, -0.2) is 27.0 Å². The van der Waals surface area contributed by atoms with Crippen molar-refractivity contribution >= 4 is 50.2 Å². The molecule has 0 saturated heterocycles. The van der Waals surface area contributed by atoms with Gasteiger partial charge in [0.1, 0.15) is 5.01 Å². The summed E-state index contributed by atoms with van der Waals surface area (Å²) in [6.45, 7) is 1.44. The van der Waals surface area contributed by atoms with Crippen LogP contribution in [0, 0.1) is 0 Å². The maximum absolute atomic E-state index is 12.9. The Hall–Kier alpha value is -2.51. The lowest BCUT2D eigenvalue weighted by Crippen LogP contribution is -2.30. The number of fused-ring (bicyclic) bond motifs is 3. The molecule has 5 rings (SSSR count). The smallest absolute Gasteiger partial charge is 0.235 e. The van der Waals surface area contributed by atoms with E-state index >= 15 is 0 Å². The second-order valence-electron chi connectivity index (χ2n) is 6.43. The molecule has 3 heterocycles. The van der Waals surface area contributed by atoms with Crippen molar-refractivity contribution in [1.82, 2.24) is 14.5 Å². The number of carbonyl (C=O) groups is 1. The first-order chi connectivity index (χ1) is 13.2. The Morgan fingerprint density at radius 3 is 2.89 bits per heavy atom. The fourth-order valence-corrected chi connectivity index (χ4v) is 4.63. The molecule has 1 aliphatic rings. The standard InChI is InChI=1S/C20H15BrN4OS/c21-14-5-3-4-13(10-14)19-22-15(12-27-19)11-18(26)25-9-8-24-17-7-2-1-6-16(17)23-20(24)25/h1-7,10,12H,8-9,11H2. The Morgan fingerprint density at radius 2 is 2.00 bits per heavy atom. The summed E-state index contributed by atoms with van der Waals surface area (Å²) in [5.41, 5.74) is 3.86. The summed E-state index contributed by atoms with van der Waals surface area (Å²) in [7, 11) is 0. The fraction of sp³-hybridized carbons (Fsp3) is 0.150. The molecule has 0 spiro atoms. The predicted molar refractivity (Wildman–Crippen MR) is 111 cm³/mol. The van der Waals surface area contributed by atoms with Gasteiger partial charge in [-0.1, -0.05) is 40.2 Å². The van der Waals surface area contributed by atoms with E-state index in [1.165, 1.54) is 0 Å². The summed E-state index contributed by atoms with van der Waals surface area (Å²) in [5.74, 6) is 0.777. The van der Waals surface area contributed by atoms with Crippen LogP contribution in [0.15, 0.2) is 58.4 Å². The lowest BCUT2D eigenvalue weighted by atomic mass is 10.2. The van der Waals surface area contributed by atoms with E-state index in [4.69, 9.17) is 0 Å². The summed E-state index contributed by atoms with van der Waals surface area (Å²) >= 11 is 5.05. The molecule has 5 nitrogen and oxygen atoms in total. The number of amides is 1. The van der Waals surface area contributed by atoms with E-state index in [2.05, 4.69) is 30.5 Å². The highest BCUT2D eigenvalue weighted by atomic mass is 79.9. The minimum absolute atomic E-state index is 0.0372. The lowest BCUT2D eigenvalue weighted by molar-refractivity contribution is -0.117. The lowest BCUT2D eigenvalue weighted by Gasteiger charge is -2.12. The molecule has 0 fully saturated rings. The van der Waals surface area contributed by atoms with Gasteiger partial charge >= 0.3 is 0 Å². The first kappa shape index (κ1) is 16.6. The molecule has 0 N–H and O–H groups in total. The van der Waals surface area contributed by atoms with Crippen LogP contribution in [0.5, 0.6) is 0 Å². The van der Waals surface area contributed by atoms with Crippen molar-refractivity contribution in [1.29, 1.82) is 0 Å². The van der Waals surface area contributed by atoms with E-state index in [1.54, 1.807) is 16.2 Å². The van der Waals surface area contributed by atoms with Crippen LogP contribution in [-0.2, 0) is 17.8 Å². The van der Waals surface area contributed by atoms with Crippen molar-refractivity contribution in [2.24, 2.45) is 0 Å². The number of hydrogen-bond acceptors (Lipinski definition) is 4. The van der Waals surface area contributed by atoms with Gasteiger partial charge in [0.05, 0.1) is 23.1 Å². The minimum atomic E-state index is 0.0372. The van der Waals surface area contributed by atoms with Gasteiger partial charge in [-0.3, -0.25) is 9.69 Å². The van der Waals surface area contributed by atoms with Gasteiger partial charge in [-0.25, -0.2) is 9.97 Å². The van der Waals surface area contributed by atoms with Crippen LogP contribution in [0.4, 0.5) is 5.95 Å². The zero-order chi connectivity index (χ0) is 18.4. The van der Waals surface area contributed by atoms with E-state index in [9.17, 15) is 4.79 Å². The van der Waals surface area contributed by atoms with Crippen LogP contribution in [0.1, 0.15) is 5.69 Å². The monoisotopic (exact) mass is 438 g/mol. The van der Waals surface area contributed by atoms with Crippen molar-refractivity contribution < 1.29 is 4.79 Å². The van der Waals surface area contributed by atoms with Crippen molar-refractivity contribution in [2.45, 2.75) is 13.0 Å². The van der Waals surface area contributed by atoms with Crippen LogP contribution in [0.25, 0.3) is 21.6 Å². The molecule has 2 aromatic heterocycles. The maximum atomic E-state index is 12.9. The first-order valence-electron chi connectivity index (χ1n) is 8.65. The molecular formula is C20H15BrN4OS. The van der Waals surface area contributed by atoms with Crippen molar-refractivity contribution in [2.75, 3.05) is 11.4 Å². The highest BCUT2D eigenvalue weighted by Gasteiger charge is 2.28. The van der Waals surface area contributed by atoms with Crippen LogP contribution in [0.2, 0.25) is 0 Å². The molecule has 0 bridgehead atoms. The molecule has 2 aromatic carbocycles. The average molecular weight is 439 g/mol. The molecule has 0 aliphatic carbocycles. The summed E-state index contributed by atoms with van der Waals surface area (Å²) in [5, 5.41) is 2.89. The van der Waals surface area contributed by atoms with Gasteiger partial charge in [0.25, 0.3) is 0 Å². The normalized spacial score (nSPS) is 13.3. The average Bonchev–Trinajstić information content (AvgIpc) is 3.36. The molecule has 7 heteroatoms. The number of halogens is 1. The van der Waals surface area contributed by atoms with Crippen molar-refractivity contribution in [3.63, 3.8) is 0 Å². The largest absolute Gasteiger partial charge is 0.308 e. The number of hydrogen-bond donors (Lipinski definition) is 0. The summed E-state index contributed by atoms with van der Waals surface area (Å²) in [4.78, 5) is 24.0. The van der Waals surface area contributed by atoms with Gasteiger partial charge in [-0.15, -0.1) is 11.3 Å². The second kappa shape index (κ2) is 6.58. The van der Waals surface area contributed by atoms with Crippen LogP contribution in [0.3, 0.4) is 0 Å². The summed E-state index contributed by atoms with van der Waals surface area (Å²) in [6.07, 6.45) is 0.285. The molecular weight excluding hydrogens is 424 g/mol. The van der Waals surface area contributed by atoms with Crippen LogP contribution >= 0.6 is 27.3 Å². The third-order valence-electron chi connectivity index (χ3n) is 4.68. The molecule has 0 saturated carbocycles. The Labute approximate surface area is 168 Å². The maximum Gasteiger partial charge on any atom is 0.235 e. The number of carbonyl (C=O) groups excluding carboxylic acids is 1.